The van der Waals surface area contributed by atoms with Crippen molar-refractivity contribution >= 4 is 17.0 Å². The number of aliphatic hydroxyl groups is 1. The van der Waals surface area contributed by atoms with Crippen LogP contribution in [-0.2, 0) is 11.3 Å². The molecular weight excluding hydrogens is 426 g/mol. The molecule has 2 aromatic heterocycles. The minimum atomic E-state index is 0.215. The number of benzene rings is 1. The number of ether oxygens (including phenoxy) is 1. The van der Waals surface area contributed by atoms with E-state index in [9.17, 15) is 0 Å². The Hall–Kier alpha value is -2.48. The molecule has 0 bridgehead atoms. The predicted octanol–water partition coefficient (Wildman–Crippen LogP) is 4.98. The Morgan fingerprint density at radius 1 is 0.971 bits per heavy atom. The van der Waals surface area contributed by atoms with Crippen molar-refractivity contribution in [3.8, 4) is 11.1 Å². The molecule has 7 heteroatoms. The van der Waals surface area contributed by atoms with Crippen molar-refractivity contribution in [1.82, 2.24) is 19.9 Å². The first-order valence-corrected chi connectivity index (χ1v) is 12.9. The summed E-state index contributed by atoms with van der Waals surface area (Å²) in [4.78, 5) is 14.7. The van der Waals surface area contributed by atoms with Gasteiger partial charge in [-0.2, -0.15) is 4.98 Å². The fraction of sp³-hybridized carbons (Fsp3) is 0.556. The molecule has 7 nitrogen and oxygen atoms in total. The monoisotopic (exact) mass is 465 g/mol. The van der Waals surface area contributed by atoms with Crippen molar-refractivity contribution in [3.63, 3.8) is 0 Å². The predicted molar refractivity (Wildman–Crippen MR) is 138 cm³/mol. The van der Waals surface area contributed by atoms with Crippen LogP contribution in [0.4, 0.5) is 5.95 Å². The third kappa shape index (κ3) is 7.26. The van der Waals surface area contributed by atoms with Crippen LogP contribution in [0.5, 0.6) is 0 Å². The van der Waals surface area contributed by atoms with Gasteiger partial charge in [-0.1, -0.05) is 62.8 Å². The number of nitrogens with zero attached hydrogens (tertiary/aromatic N) is 3. The molecule has 0 atom stereocenters. The van der Waals surface area contributed by atoms with Crippen LogP contribution in [0, 0.1) is 0 Å². The number of rotatable bonds is 8. The molecule has 3 heterocycles. The lowest BCUT2D eigenvalue weighted by atomic mass is 10.0. The van der Waals surface area contributed by atoms with Crippen molar-refractivity contribution in [2.75, 3.05) is 44.8 Å². The van der Waals surface area contributed by atoms with Crippen molar-refractivity contribution in [2.24, 2.45) is 0 Å². The summed E-state index contributed by atoms with van der Waals surface area (Å²) in [6.07, 6.45) is 14.5. The molecule has 3 aromatic rings. The number of nitrogens with one attached hydrogen (secondary N) is 2. The minimum Gasteiger partial charge on any atom is -0.396 e. The highest BCUT2D eigenvalue weighted by molar-refractivity contribution is 5.93. The van der Waals surface area contributed by atoms with Gasteiger partial charge in [0.1, 0.15) is 5.65 Å². The molecule has 184 valence electrons. The number of morpholine rings is 1. The maximum atomic E-state index is 8.84. The second-order valence-electron chi connectivity index (χ2n) is 9.22. The number of aliphatic hydroxyl groups excluding tert-OH is 1. The first-order chi connectivity index (χ1) is 16.8. The van der Waals surface area contributed by atoms with Crippen LogP contribution in [0.1, 0.15) is 56.9 Å². The van der Waals surface area contributed by atoms with E-state index in [4.69, 9.17) is 9.84 Å². The summed E-state index contributed by atoms with van der Waals surface area (Å²) < 4.78 is 5.42. The summed E-state index contributed by atoms with van der Waals surface area (Å²) in [6, 6.07) is 8.72. The smallest absolute Gasteiger partial charge is 0.224 e. The van der Waals surface area contributed by atoms with Gasteiger partial charge in [0, 0.05) is 56.1 Å². The number of hydrogen-bond acceptors (Lipinski definition) is 6. The maximum absolute atomic E-state index is 8.84. The van der Waals surface area contributed by atoms with E-state index in [1.807, 2.05) is 12.4 Å². The van der Waals surface area contributed by atoms with Gasteiger partial charge in [0.05, 0.1) is 13.2 Å². The minimum absolute atomic E-state index is 0.215. The van der Waals surface area contributed by atoms with Crippen LogP contribution < -0.4 is 5.32 Å². The molecule has 1 aliphatic heterocycles. The Kier molecular flexibility index (Phi) is 9.72. The Bertz CT molecular complexity index is 967. The molecule has 1 aliphatic carbocycles. The van der Waals surface area contributed by atoms with E-state index in [0.29, 0.717) is 5.95 Å². The van der Waals surface area contributed by atoms with E-state index >= 15 is 0 Å². The first kappa shape index (κ1) is 24.6. The summed E-state index contributed by atoms with van der Waals surface area (Å²) >= 11 is 0. The summed E-state index contributed by atoms with van der Waals surface area (Å²) in [7, 11) is 0. The molecule has 1 saturated carbocycles. The highest BCUT2D eigenvalue weighted by Gasteiger charge is 2.12. The first-order valence-electron chi connectivity index (χ1n) is 12.9. The SMILES string of the molecule is C1CCCCC1.OCCCCNc1ncc2c(-c3ccc(CN4CCOCC4)cc3)c[nH]c2n1. The van der Waals surface area contributed by atoms with Gasteiger partial charge in [-0.05, 0) is 24.0 Å². The molecule has 1 saturated heterocycles. The maximum Gasteiger partial charge on any atom is 0.224 e. The van der Waals surface area contributed by atoms with Crippen molar-refractivity contribution in [2.45, 2.75) is 57.9 Å². The van der Waals surface area contributed by atoms with E-state index < -0.39 is 0 Å². The number of unbranched alkanes of at least 4 members (excludes halogenated alkanes) is 1. The van der Waals surface area contributed by atoms with Gasteiger partial charge in [0.2, 0.25) is 5.95 Å². The molecule has 34 heavy (non-hydrogen) atoms. The van der Waals surface area contributed by atoms with E-state index in [0.717, 1.165) is 74.4 Å². The number of fused-ring (bicyclic) bond motifs is 1. The molecule has 0 radical (unpaired) electrons. The highest BCUT2D eigenvalue weighted by Crippen LogP contribution is 2.28. The zero-order chi connectivity index (χ0) is 23.4. The molecule has 1 aromatic carbocycles. The normalized spacial score (nSPS) is 16.7. The Labute approximate surface area is 203 Å². The van der Waals surface area contributed by atoms with Crippen LogP contribution in [0.2, 0.25) is 0 Å². The third-order valence-electron chi connectivity index (χ3n) is 6.57. The lowest BCUT2D eigenvalue weighted by Gasteiger charge is -2.26. The van der Waals surface area contributed by atoms with Gasteiger partial charge in [0.15, 0.2) is 0 Å². The van der Waals surface area contributed by atoms with Crippen LogP contribution in [-0.4, -0.2) is 64.4 Å². The summed E-state index contributed by atoms with van der Waals surface area (Å²) in [5, 5.41) is 13.1. The largest absolute Gasteiger partial charge is 0.396 e. The zero-order valence-electron chi connectivity index (χ0n) is 20.3. The van der Waals surface area contributed by atoms with Crippen LogP contribution in [0.15, 0.2) is 36.7 Å². The van der Waals surface area contributed by atoms with Crippen molar-refractivity contribution in [1.29, 1.82) is 0 Å². The van der Waals surface area contributed by atoms with E-state index in [2.05, 4.69) is 49.4 Å². The van der Waals surface area contributed by atoms with Gasteiger partial charge in [-0.3, -0.25) is 4.90 Å². The molecule has 5 rings (SSSR count). The van der Waals surface area contributed by atoms with Gasteiger partial charge in [-0.25, -0.2) is 4.98 Å². The molecule has 0 spiro atoms. The van der Waals surface area contributed by atoms with Gasteiger partial charge in [0.25, 0.3) is 0 Å². The van der Waals surface area contributed by atoms with Gasteiger partial charge < -0.3 is 20.1 Å². The second kappa shape index (κ2) is 13.4. The molecule has 0 amide bonds. The van der Waals surface area contributed by atoms with E-state index in [1.54, 1.807) is 0 Å². The lowest BCUT2D eigenvalue weighted by Crippen LogP contribution is -2.35. The van der Waals surface area contributed by atoms with E-state index in [-0.39, 0.29) is 6.61 Å². The van der Waals surface area contributed by atoms with Crippen LogP contribution in [0.25, 0.3) is 22.2 Å². The Morgan fingerprint density at radius 2 is 1.68 bits per heavy atom. The van der Waals surface area contributed by atoms with Gasteiger partial charge >= 0.3 is 0 Å². The molecule has 0 unspecified atom stereocenters. The summed E-state index contributed by atoms with van der Waals surface area (Å²) in [6.45, 7) is 5.58. The number of hydrogen-bond donors (Lipinski definition) is 3. The van der Waals surface area contributed by atoms with E-state index in [1.165, 1.54) is 44.1 Å². The molecule has 2 aliphatic rings. The number of H-pyrrole nitrogens is 1. The second-order valence-corrected chi connectivity index (χ2v) is 9.22. The quantitative estimate of drug-likeness (QED) is 0.407. The summed E-state index contributed by atoms with van der Waals surface area (Å²) in [5.41, 5.74) is 4.41. The van der Waals surface area contributed by atoms with Crippen molar-refractivity contribution in [3.05, 3.63) is 42.2 Å². The number of anilines is 1. The van der Waals surface area contributed by atoms with Crippen LogP contribution >= 0.6 is 0 Å². The Balaban J connectivity index is 0.000000398. The number of aromatic nitrogens is 3. The lowest BCUT2D eigenvalue weighted by molar-refractivity contribution is 0.0342. The highest BCUT2D eigenvalue weighted by atomic mass is 16.5. The molecular formula is C27H39N5O2. The Morgan fingerprint density at radius 3 is 2.35 bits per heavy atom. The number of aromatic amines is 1. The third-order valence-corrected chi connectivity index (χ3v) is 6.57. The van der Waals surface area contributed by atoms with Crippen LogP contribution in [0.3, 0.4) is 0 Å². The van der Waals surface area contributed by atoms with Gasteiger partial charge in [-0.15, -0.1) is 0 Å². The molecule has 3 N–H and O–H groups in total. The average molecular weight is 466 g/mol. The topological polar surface area (TPSA) is 86.3 Å². The van der Waals surface area contributed by atoms with Crippen molar-refractivity contribution < 1.29 is 9.84 Å². The fourth-order valence-corrected chi connectivity index (χ4v) is 4.54. The fourth-order valence-electron chi connectivity index (χ4n) is 4.54. The summed E-state index contributed by atoms with van der Waals surface area (Å²) in [5.74, 6) is 0.611. The zero-order valence-corrected chi connectivity index (χ0v) is 20.3. The average Bonchev–Trinajstić information content (AvgIpc) is 3.32. The standard InChI is InChI=1S/C21H27N5O2.C6H12/c27-10-2-1-7-22-21-24-14-19-18(13-23-20(19)25-21)17-5-3-16(4-6-17)15-26-8-11-28-12-9-26;1-2-4-6-5-3-1/h3-6,13-14,27H,1-2,7-12,15H2,(H2,22,23,24,25);1-6H2. The molecule has 2 fully saturated rings.